The Labute approximate surface area is 258 Å². The van der Waals surface area contributed by atoms with Gasteiger partial charge >= 0.3 is 5.97 Å². The zero-order chi connectivity index (χ0) is 31.5. The molecule has 0 aromatic rings. The third kappa shape index (κ3) is 4.12. The Kier molecular flexibility index (Phi) is 7.44. The van der Waals surface area contributed by atoms with Crippen LogP contribution in [0.1, 0.15) is 119 Å². The molecular weight excluding hydrogens is 544 g/mol. The number of carboxylic acids is 1. The first kappa shape index (κ1) is 32.0. The minimum atomic E-state index is -1.17. The number of hydrogen-bond acceptors (Lipinski definition) is 6. The fourth-order valence-corrected chi connectivity index (χ4v) is 12.6. The first-order valence-electron chi connectivity index (χ1n) is 17.2. The molecule has 0 saturated heterocycles. The first-order valence-corrected chi connectivity index (χ1v) is 17.2. The van der Waals surface area contributed by atoms with E-state index < -0.39 is 41.4 Å². The van der Waals surface area contributed by atoms with Crippen LogP contribution >= 0.6 is 0 Å². The second-order valence-electron chi connectivity index (χ2n) is 17.5. The summed E-state index contributed by atoms with van der Waals surface area (Å²) in [4.78, 5) is 13.0. The molecule has 0 aromatic carbocycles. The molecular formula is C36H58O7. The highest BCUT2D eigenvalue weighted by Gasteiger charge is 2.71. The highest BCUT2D eigenvalue weighted by atomic mass is 16.5. The predicted molar refractivity (Wildman–Crippen MR) is 164 cm³/mol. The molecule has 5 saturated carbocycles. The molecule has 6 rings (SSSR count). The quantitative estimate of drug-likeness (QED) is 0.271. The molecule has 7 heteroatoms. The van der Waals surface area contributed by atoms with Crippen LogP contribution in [-0.2, 0) is 9.53 Å². The average molecular weight is 603 g/mol. The van der Waals surface area contributed by atoms with Gasteiger partial charge in [0.2, 0.25) is 0 Å². The van der Waals surface area contributed by atoms with Crippen molar-refractivity contribution < 1.29 is 35.1 Å². The predicted octanol–water partition coefficient (Wildman–Crippen LogP) is 5.47. The summed E-state index contributed by atoms with van der Waals surface area (Å²) in [5, 5.41) is 53.8. The third-order valence-electron chi connectivity index (χ3n) is 15.6. The average Bonchev–Trinajstić information content (AvgIpc) is 2.92. The molecule has 6 aliphatic rings. The minimum Gasteiger partial charge on any atom is -0.481 e. The van der Waals surface area contributed by atoms with E-state index in [-0.39, 0.29) is 39.6 Å². The van der Waals surface area contributed by atoms with Gasteiger partial charge in [0, 0.05) is 5.92 Å². The maximum Gasteiger partial charge on any atom is 0.310 e. The topological polar surface area (TPSA) is 127 Å². The normalized spacial score (nSPS) is 56.1. The van der Waals surface area contributed by atoms with Crippen LogP contribution in [0.5, 0.6) is 0 Å². The standard InChI is InChI=1S/C36H58O7/c1-20-12-17-36(30(40)41)19-18-33(5)21(29(36)35(20,7)42)8-11-25-32(4)15-14-26(31(2,3)24(32)13-16-34(25,33)6)43-23-10-9-22(37)27(38)28(23)39/h8,20,22-29,37-39,42H,9-19H2,1-7H3,(H,40,41). The van der Waals surface area contributed by atoms with Gasteiger partial charge in [0.15, 0.2) is 0 Å². The molecule has 7 nitrogen and oxygen atoms in total. The van der Waals surface area contributed by atoms with Crippen LogP contribution < -0.4 is 0 Å². The molecule has 5 fully saturated rings. The van der Waals surface area contributed by atoms with Gasteiger partial charge in [-0.25, -0.2) is 0 Å². The molecule has 0 amide bonds. The zero-order valence-corrected chi connectivity index (χ0v) is 27.6. The summed E-state index contributed by atoms with van der Waals surface area (Å²) in [5.74, 6) is -0.185. The Hall–Kier alpha value is -0.990. The van der Waals surface area contributed by atoms with Gasteiger partial charge in [0.05, 0.1) is 29.3 Å². The number of aliphatic carboxylic acids is 1. The summed E-state index contributed by atoms with van der Waals surface area (Å²) in [5.41, 5.74) is -0.959. The molecule has 0 radical (unpaired) electrons. The molecule has 0 heterocycles. The van der Waals surface area contributed by atoms with E-state index in [2.05, 4.69) is 47.6 Å². The fourth-order valence-electron chi connectivity index (χ4n) is 12.6. The Morgan fingerprint density at radius 1 is 0.837 bits per heavy atom. The largest absolute Gasteiger partial charge is 0.481 e. The van der Waals surface area contributed by atoms with Crippen LogP contribution in [0.15, 0.2) is 11.6 Å². The molecule has 0 spiro atoms. The Bertz CT molecular complexity index is 1160. The van der Waals surface area contributed by atoms with E-state index in [0.29, 0.717) is 37.5 Å². The Morgan fingerprint density at radius 2 is 1.53 bits per heavy atom. The number of fused-ring (bicyclic) bond motifs is 7. The lowest BCUT2D eigenvalue weighted by molar-refractivity contribution is -0.241. The van der Waals surface area contributed by atoms with E-state index in [9.17, 15) is 30.3 Å². The van der Waals surface area contributed by atoms with E-state index in [1.54, 1.807) is 0 Å². The van der Waals surface area contributed by atoms with Crippen molar-refractivity contribution in [1.29, 1.82) is 0 Å². The number of aliphatic hydroxyl groups excluding tert-OH is 3. The van der Waals surface area contributed by atoms with Crippen LogP contribution in [0.4, 0.5) is 0 Å². The highest BCUT2D eigenvalue weighted by Crippen LogP contribution is 2.76. The zero-order valence-electron chi connectivity index (χ0n) is 27.6. The molecule has 0 aliphatic heterocycles. The number of aliphatic hydroxyl groups is 4. The minimum absolute atomic E-state index is 0.00660. The van der Waals surface area contributed by atoms with Crippen molar-refractivity contribution in [2.24, 2.45) is 50.7 Å². The lowest BCUT2D eigenvalue weighted by atomic mass is 9.33. The Balaban J connectivity index is 1.33. The number of carboxylic acid groups (broad SMARTS) is 1. The monoisotopic (exact) mass is 602 g/mol. The third-order valence-corrected chi connectivity index (χ3v) is 15.6. The highest BCUT2D eigenvalue weighted by molar-refractivity contribution is 5.77. The van der Waals surface area contributed by atoms with Crippen LogP contribution in [0.2, 0.25) is 0 Å². The summed E-state index contributed by atoms with van der Waals surface area (Å²) >= 11 is 0. The van der Waals surface area contributed by atoms with E-state index in [4.69, 9.17) is 4.74 Å². The van der Waals surface area contributed by atoms with Gasteiger partial charge in [-0.1, -0.05) is 53.2 Å². The second kappa shape index (κ2) is 10.0. The molecule has 0 bridgehead atoms. The van der Waals surface area contributed by atoms with Gasteiger partial charge in [-0.2, -0.15) is 0 Å². The van der Waals surface area contributed by atoms with Crippen molar-refractivity contribution in [3.05, 3.63) is 11.6 Å². The smallest absolute Gasteiger partial charge is 0.310 e. The lowest BCUT2D eigenvalue weighted by Gasteiger charge is -2.72. The van der Waals surface area contributed by atoms with Crippen LogP contribution in [0.25, 0.3) is 0 Å². The molecule has 14 unspecified atom stereocenters. The van der Waals surface area contributed by atoms with Crippen molar-refractivity contribution in [3.8, 4) is 0 Å². The Morgan fingerprint density at radius 3 is 2.21 bits per heavy atom. The van der Waals surface area contributed by atoms with Gasteiger partial charge in [0.1, 0.15) is 12.2 Å². The van der Waals surface area contributed by atoms with Gasteiger partial charge in [-0.15, -0.1) is 0 Å². The van der Waals surface area contributed by atoms with Crippen molar-refractivity contribution in [2.45, 2.75) is 155 Å². The molecule has 0 aromatic heterocycles. The van der Waals surface area contributed by atoms with Crippen molar-refractivity contribution >= 4 is 5.97 Å². The van der Waals surface area contributed by atoms with Gasteiger partial charge in [0.25, 0.3) is 0 Å². The number of rotatable bonds is 3. The van der Waals surface area contributed by atoms with Crippen LogP contribution in [0.3, 0.4) is 0 Å². The van der Waals surface area contributed by atoms with Crippen molar-refractivity contribution in [3.63, 3.8) is 0 Å². The summed E-state index contributed by atoms with van der Waals surface area (Å²) < 4.78 is 6.65. The lowest BCUT2D eigenvalue weighted by Crippen LogP contribution is -2.68. The van der Waals surface area contributed by atoms with Gasteiger partial charge in [-0.3, -0.25) is 4.79 Å². The number of allylic oxidation sites excluding steroid dienone is 1. The summed E-state index contributed by atoms with van der Waals surface area (Å²) in [6.45, 7) is 16.1. The number of hydrogen-bond donors (Lipinski definition) is 5. The number of ether oxygens (including phenoxy) is 1. The molecule has 5 N–H and O–H groups in total. The first-order chi connectivity index (χ1) is 19.9. The van der Waals surface area contributed by atoms with Crippen LogP contribution in [0, 0.1) is 50.7 Å². The van der Waals surface area contributed by atoms with Gasteiger partial charge < -0.3 is 30.3 Å². The maximum absolute atomic E-state index is 13.0. The van der Waals surface area contributed by atoms with Gasteiger partial charge in [-0.05, 0) is 117 Å². The molecule has 14 atom stereocenters. The number of carbonyl (C=O) groups is 1. The molecule has 244 valence electrons. The van der Waals surface area contributed by atoms with Crippen LogP contribution in [-0.4, -0.2) is 67.6 Å². The summed E-state index contributed by atoms with van der Waals surface area (Å²) in [7, 11) is 0. The second-order valence-corrected chi connectivity index (χ2v) is 17.5. The fraction of sp³-hybridized carbons (Fsp3) is 0.917. The van der Waals surface area contributed by atoms with Crippen molar-refractivity contribution in [1.82, 2.24) is 0 Å². The maximum atomic E-state index is 13.0. The molecule has 43 heavy (non-hydrogen) atoms. The summed E-state index contributed by atoms with van der Waals surface area (Å²) in [6.07, 6.45) is 7.53. The SMILES string of the molecule is CC1CCC2(C(=O)O)CCC3(C)C(=CCC4C5(C)CCC(OC6CCC(O)C(O)C6O)C(C)(C)C5CCC43C)C2C1(C)O. The van der Waals surface area contributed by atoms with E-state index in [1.165, 1.54) is 5.57 Å². The summed E-state index contributed by atoms with van der Waals surface area (Å²) in [6, 6.07) is 0. The molecule has 6 aliphatic carbocycles. The van der Waals surface area contributed by atoms with Crippen molar-refractivity contribution in [2.75, 3.05) is 0 Å². The van der Waals surface area contributed by atoms with E-state index >= 15 is 0 Å². The van der Waals surface area contributed by atoms with E-state index in [0.717, 1.165) is 44.9 Å². The van der Waals surface area contributed by atoms with E-state index in [1.807, 2.05) is 6.92 Å².